The lowest BCUT2D eigenvalue weighted by Crippen LogP contribution is -2.48. The van der Waals surface area contributed by atoms with E-state index in [2.05, 4.69) is 57.2 Å². The summed E-state index contributed by atoms with van der Waals surface area (Å²) >= 11 is 0. The highest BCUT2D eigenvalue weighted by Gasteiger charge is 2.39. The number of rotatable bonds is 3. The highest BCUT2D eigenvalue weighted by molar-refractivity contribution is 5.69. The first-order valence-corrected chi connectivity index (χ1v) is 16.6. The topological polar surface area (TPSA) is 113 Å². The Labute approximate surface area is 277 Å². The second-order valence-corrected chi connectivity index (χ2v) is 14.3. The van der Waals surface area contributed by atoms with E-state index in [9.17, 15) is 10.4 Å². The highest BCUT2D eigenvalue weighted by atomic mass is 16.9. The molecule has 1 aliphatic carbocycles. The smallest absolute Gasteiger partial charge is 0.279 e. The van der Waals surface area contributed by atoms with Gasteiger partial charge in [-0.1, -0.05) is 75.6 Å². The van der Waals surface area contributed by atoms with E-state index in [1.54, 1.807) is 6.07 Å². The summed E-state index contributed by atoms with van der Waals surface area (Å²) in [7, 11) is 0. The van der Waals surface area contributed by atoms with Gasteiger partial charge in [0.15, 0.2) is 0 Å². The molecule has 47 heavy (non-hydrogen) atoms. The Hall–Kier alpha value is -4.18. The molecule has 2 aromatic heterocycles. The largest absolute Gasteiger partial charge is 0.477 e. The first-order chi connectivity index (χ1) is 22.3. The van der Waals surface area contributed by atoms with Gasteiger partial charge in [-0.15, -0.1) is 15.8 Å². The molecule has 9 nitrogen and oxygen atoms in total. The minimum Gasteiger partial charge on any atom is -0.477 e. The minimum atomic E-state index is -1.62. The number of benzene rings is 2. The van der Waals surface area contributed by atoms with E-state index >= 15 is 0 Å². The van der Waals surface area contributed by atoms with Crippen LogP contribution in [0.2, 0.25) is 0 Å². The van der Waals surface area contributed by atoms with Crippen LogP contribution in [-0.4, -0.2) is 37.0 Å². The number of fused-ring (bicyclic) bond motifs is 6. The van der Waals surface area contributed by atoms with Gasteiger partial charge in [0.25, 0.3) is 5.95 Å². The molecule has 3 N–H and O–H groups in total. The van der Waals surface area contributed by atoms with Crippen LogP contribution in [0.5, 0.6) is 5.88 Å². The van der Waals surface area contributed by atoms with E-state index in [0.29, 0.717) is 18.2 Å². The van der Waals surface area contributed by atoms with Crippen LogP contribution in [0.25, 0.3) is 17.3 Å². The Morgan fingerprint density at radius 3 is 2.40 bits per heavy atom. The number of nitrogens with one attached hydrogen (secondary N) is 1. The molecule has 4 bridgehead atoms. The SMILES string of the molecule is C/C(=C\c1cnc(C2CCCCC3COc4cc(-c5c(C)cccc5C)nc(n4)N[N+](O)(O)c4cccc(c4)C32)nc1C)C(C)(C)C. The molecule has 2 aromatic carbocycles. The predicted octanol–water partition coefficient (Wildman–Crippen LogP) is 8.87. The third-order valence-corrected chi connectivity index (χ3v) is 9.96. The van der Waals surface area contributed by atoms with Gasteiger partial charge >= 0.3 is 0 Å². The molecule has 4 aromatic rings. The monoisotopic (exact) mass is 635 g/mol. The summed E-state index contributed by atoms with van der Waals surface area (Å²) in [5.74, 6) is 1.35. The van der Waals surface area contributed by atoms with Crippen molar-refractivity contribution < 1.29 is 15.2 Å². The molecule has 0 radical (unpaired) electrons. The van der Waals surface area contributed by atoms with Gasteiger partial charge in [-0.3, -0.25) is 0 Å². The van der Waals surface area contributed by atoms with Crippen molar-refractivity contribution in [3.8, 4) is 17.1 Å². The lowest BCUT2D eigenvalue weighted by Gasteiger charge is -2.32. The van der Waals surface area contributed by atoms with Crippen LogP contribution in [-0.2, 0) is 0 Å². The van der Waals surface area contributed by atoms with Crippen LogP contribution in [0.15, 0.2) is 60.3 Å². The average Bonchev–Trinajstić information content (AvgIpc) is 3.22. The van der Waals surface area contributed by atoms with Gasteiger partial charge < -0.3 is 4.74 Å². The van der Waals surface area contributed by atoms with E-state index in [4.69, 9.17) is 19.7 Å². The summed E-state index contributed by atoms with van der Waals surface area (Å²) in [5, 5.41) is 22.7. The third kappa shape index (κ3) is 6.93. The van der Waals surface area contributed by atoms with Crippen molar-refractivity contribution >= 4 is 17.7 Å². The van der Waals surface area contributed by atoms with Crippen LogP contribution in [0.1, 0.15) is 99.0 Å². The summed E-state index contributed by atoms with van der Waals surface area (Å²) in [6.45, 7) is 15.4. The van der Waals surface area contributed by atoms with Crippen LogP contribution < -0.4 is 15.1 Å². The Morgan fingerprint density at radius 1 is 0.957 bits per heavy atom. The summed E-state index contributed by atoms with van der Waals surface area (Å²) < 4.78 is 6.52. The van der Waals surface area contributed by atoms with E-state index in [1.165, 1.54) is 5.57 Å². The first-order valence-electron chi connectivity index (χ1n) is 16.6. The van der Waals surface area contributed by atoms with Gasteiger partial charge in [-0.25, -0.2) is 15.0 Å². The number of hydrogen-bond acceptors (Lipinski definition) is 8. The number of aryl methyl sites for hydroxylation is 3. The maximum Gasteiger partial charge on any atom is 0.279 e. The average molecular weight is 636 g/mol. The van der Waals surface area contributed by atoms with Crippen molar-refractivity contribution in [3.63, 3.8) is 0 Å². The molecular formula is C38H47N6O3+. The highest BCUT2D eigenvalue weighted by Crippen LogP contribution is 2.46. The number of anilines is 1. The van der Waals surface area contributed by atoms with Gasteiger partial charge in [-0.05, 0) is 62.6 Å². The van der Waals surface area contributed by atoms with Gasteiger partial charge in [-0.2, -0.15) is 4.98 Å². The maximum atomic E-state index is 11.4. The molecular weight excluding hydrogens is 588 g/mol. The zero-order valence-corrected chi connectivity index (χ0v) is 28.6. The fourth-order valence-electron chi connectivity index (χ4n) is 6.92. The van der Waals surface area contributed by atoms with E-state index in [0.717, 1.165) is 65.0 Å². The summed E-state index contributed by atoms with van der Waals surface area (Å²) in [6, 6.07) is 15.4. The lowest BCUT2D eigenvalue weighted by molar-refractivity contribution is -0.273. The Morgan fingerprint density at radius 2 is 1.68 bits per heavy atom. The van der Waals surface area contributed by atoms with Crippen molar-refractivity contribution in [2.75, 3.05) is 12.0 Å². The zero-order valence-electron chi connectivity index (χ0n) is 28.6. The molecule has 3 heterocycles. The van der Waals surface area contributed by atoms with Gasteiger partial charge in [0, 0.05) is 59.0 Å². The summed E-state index contributed by atoms with van der Waals surface area (Å²) in [5.41, 5.74) is 11.0. The fraction of sp³-hybridized carbons (Fsp3) is 0.421. The summed E-state index contributed by atoms with van der Waals surface area (Å²) in [4.78, 5) is 17.7. The van der Waals surface area contributed by atoms with Crippen molar-refractivity contribution in [1.82, 2.24) is 24.9 Å². The second-order valence-electron chi connectivity index (χ2n) is 14.3. The van der Waals surface area contributed by atoms with Gasteiger partial charge in [0.05, 0.1) is 17.2 Å². The number of ether oxygens (including phenoxy) is 1. The van der Waals surface area contributed by atoms with Crippen molar-refractivity contribution in [2.45, 2.75) is 86.0 Å². The standard InChI is InChI=1S/C38H47N6O3/c1-23-12-10-13-24(2)34(23)32-20-33-42-37(41-32)43-44(45,46)30-16-11-15-27(19-30)35-28(22-47-33)14-8-9-17-31(35)36-39-21-29(26(4)40-36)18-25(3)38(5,6)7/h10-13,15-16,18-21,28,31,35,45-46H,8-9,14,17,22H2,1-7H3,(H,41,42,43)/q+1/b25-18+. The number of nitrogens with zero attached hydrogens (tertiary/aromatic N) is 5. The van der Waals surface area contributed by atoms with Crippen LogP contribution in [0.4, 0.5) is 11.6 Å². The van der Waals surface area contributed by atoms with E-state index < -0.39 is 4.92 Å². The van der Waals surface area contributed by atoms with Crippen LogP contribution in [0.3, 0.4) is 0 Å². The molecule has 1 aliphatic heterocycles. The molecule has 3 unspecified atom stereocenters. The van der Waals surface area contributed by atoms with E-state index in [-0.39, 0.29) is 34.8 Å². The maximum absolute atomic E-state index is 11.4. The molecule has 0 saturated heterocycles. The predicted molar refractivity (Wildman–Crippen MR) is 185 cm³/mol. The van der Waals surface area contributed by atoms with Crippen molar-refractivity contribution in [1.29, 1.82) is 0 Å². The first kappa shape index (κ1) is 32.7. The molecule has 0 amide bonds. The normalized spacial score (nSPS) is 21.3. The third-order valence-electron chi connectivity index (χ3n) is 9.96. The Bertz CT molecular complexity index is 1790. The number of hydrogen-bond donors (Lipinski definition) is 3. The zero-order chi connectivity index (χ0) is 33.5. The quantitative estimate of drug-likeness (QED) is 0.191. The Balaban J connectivity index is 1.44. The molecule has 6 rings (SSSR count). The molecule has 1 saturated carbocycles. The molecule has 246 valence electrons. The molecule has 9 heteroatoms. The molecule has 1 fully saturated rings. The van der Waals surface area contributed by atoms with Crippen LogP contribution >= 0.6 is 0 Å². The molecule has 0 spiro atoms. The van der Waals surface area contributed by atoms with Gasteiger partial charge in [0.1, 0.15) is 5.82 Å². The van der Waals surface area contributed by atoms with Crippen molar-refractivity contribution in [2.24, 2.45) is 11.3 Å². The number of allylic oxidation sites excluding steroid dienone is 1. The van der Waals surface area contributed by atoms with Crippen LogP contribution in [0, 0.1) is 32.1 Å². The lowest BCUT2D eigenvalue weighted by atomic mass is 9.75. The second kappa shape index (κ2) is 12.8. The fourth-order valence-corrected chi connectivity index (χ4v) is 6.92. The molecule has 2 aliphatic rings. The summed E-state index contributed by atoms with van der Waals surface area (Å²) in [6.07, 6.45) is 8.12. The number of quaternary nitrogens is 1. The number of aromatic nitrogens is 4. The van der Waals surface area contributed by atoms with Crippen molar-refractivity contribution in [3.05, 3.63) is 94.1 Å². The molecule has 3 atom stereocenters. The minimum absolute atomic E-state index is 0.0168. The Kier molecular flexibility index (Phi) is 8.91. The van der Waals surface area contributed by atoms with Gasteiger partial charge in [0.2, 0.25) is 11.6 Å². The van der Waals surface area contributed by atoms with E-state index in [1.807, 2.05) is 56.4 Å².